The summed E-state index contributed by atoms with van der Waals surface area (Å²) in [7, 11) is 2.12. The number of rotatable bonds is 11. The number of aliphatic hydroxyl groups is 4. The maximum atomic E-state index is 14.1. The molecule has 260 valence electrons. The first-order chi connectivity index (χ1) is 21.4. The molecule has 1 aromatic rings. The van der Waals surface area contributed by atoms with Crippen LogP contribution in [0.1, 0.15) is 62.5 Å². The van der Waals surface area contributed by atoms with E-state index >= 15 is 0 Å². The van der Waals surface area contributed by atoms with E-state index in [9.17, 15) is 44.7 Å². The molecule has 0 radical (unpaired) electrons. The Bertz CT molecular complexity index is 1520. The molecule has 2 amide bonds. The molecule has 14 heteroatoms. The van der Waals surface area contributed by atoms with E-state index in [1.54, 1.807) is 13.0 Å². The van der Waals surface area contributed by atoms with E-state index in [1.807, 2.05) is 0 Å². The minimum atomic E-state index is -2.99. The standard InChI is InChI=1S/C33H46N3O9P.ClH/c1-16-17-13-14-18(35-19(37)12-10-8-7-9-11-15-46(4,5)6)26(38)21(17)27(39)22-20(16)28(40)24-25(36(2)3)29(41)23(32(34)44)31(43)33(24,45)30(22)42;/h13-14,16,20,24-25,28,40,45H,7-12,15H2,1-6H3,(H5-,34,35,37,38,39,41,42,43,44);1H/t16-,20+,24+,25-,28-,33-;/m0./s1. The lowest BCUT2D eigenvalue weighted by Gasteiger charge is -2.53. The number of phenols is 1. The van der Waals surface area contributed by atoms with Crippen molar-refractivity contribution in [3.05, 3.63) is 40.2 Å². The van der Waals surface area contributed by atoms with Gasteiger partial charge in [-0.1, -0.05) is 25.8 Å². The van der Waals surface area contributed by atoms with Crippen LogP contribution < -0.4 is 23.5 Å². The van der Waals surface area contributed by atoms with Crippen LogP contribution in [0, 0.1) is 11.8 Å². The molecule has 3 aliphatic rings. The molecule has 0 spiro atoms. The topological polar surface area (TPSA) is 211 Å². The van der Waals surface area contributed by atoms with Gasteiger partial charge in [0.2, 0.25) is 11.7 Å². The van der Waals surface area contributed by atoms with Gasteiger partial charge in [-0.3, -0.25) is 24.1 Å². The summed E-state index contributed by atoms with van der Waals surface area (Å²) in [5.41, 5.74) is 1.10. The Morgan fingerprint density at radius 2 is 1.62 bits per heavy atom. The lowest BCUT2D eigenvalue weighted by Crippen LogP contribution is -3.00. The van der Waals surface area contributed by atoms with Crippen molar-refractivity contribution in [3.8, 4) is 5.75 Å². The van der Waals surface area contributed by atoms with Gasteiger partial charge in [0, 0.05) is 45.2 Å². The average Bonchev–Trinajstić information content (AvgIpc) is 2.94. The number of amides is 2. The number of Topliss-reactive ketones (excluding diaryl/α,β-unsaturated/α-hetero) is 2. The predicted molar refractivity (Wildman–Crippen MR) is 176 cm³/mol. The van der Waals surface area contributed by atoms with Crippen LogP contribution >= 0.6 is 7.26 Å². The van der Waals surface area contributed by atoms with Gasteiger partial charge >= 0.3 is 0 Å². The average molecular weight is 696 g/mol. The largest absolute Gasteiger partial charge is 1.00 e. The number of carbonyl (C=O) groups excluding carboxylic acids is 4. The van der Waals surface area contributed by atoms with Gasteiger partial charge in [-0.25, -0.2) is 0 Å². The summed E-state index contributed by atoms with van der Waals surface area (Å²) in [5.74, 6) is -9.98. The van der Waals surface area contributed by atoms with Crippen molar-refractivity contribution in [1.29, 1.82) is 0 Å². The van der Waals surface area contributed by atoms with E-state index in [0.29, 0.717) is 12.0 Å². The van der Waals surface area contributed by atoms with E-state index < -0.39 is 88.7 Å². The van der Waals surface area contributed by atoms with Gasteiger partial charge in [0.25, 0.3) is 5.91 Å². The minimum Gasteiger partial charge on any atom is -1.00 e. The zero-order valence-electron chi connectivity index (χ0n) is 27.7. The van der Waals surface area contributed by atoms with Crippen LogP contribution in [0.25, 0.3) is 5.76 Å². The van der Waals surface area contributed by atoms with Gasteiger partial charge in [-0.05, 0) is 50.9 Å². The van der Waals surface area contributed by atoms with E-state index in [0.717, 1.165) is 19.3 Å². The first-order valence-electron chi connectivity index (χ1n) is 15.6. The molecular formula is C33H47ClN3O9P. The molecule has 0 heterocycles. The lowest BCUT2D eigenvalue weighted by atomic mass is 9.54. The third-order valence-corrected chi connectivity index (χ3v) is 11.3. The van der Waals surface area contributed by atoms with Crippen molar-refractivity contribution in [2.75, 3.05) is 45.6 Å². The summed E-state index contributed by atoms with van der Waals surface area (Å²) >= 11 is 0. The molecule has 0 aliphatic heterocycles. The fourth-order valence-corrected chi connectivity index (χ4v) is 8.50. The number of aromatic hydroxyl groups is 1. The maximum Gasteiger partial charge on any atom is 0.255 e. The molecule has 1 fully saturated rings. The van der Waals surface area contributed by atoms with Crippen molar-refractivity contribution in [3.63, 3.8) is 0 Å². The minimum absolute atomic E-state index is 0. The highest BCUT2D eigenvalue weighted by Gasteiger charge is 2.68. The van der Waals surface area contributed by atoms with Gasteiger partial charge in [-0.2, -0.15) is 0 Å². The molecule has 0 unspecified atom stereocenters. The smallest absolute Gasteiger partial charge is 0.255 e. The van der Waals surface area contributed by atoms with Crippen LogP contribution in [0.3, 0.4) is 0 Å². The molecule has 4 rings (SSSR count). The molecule has 12 nitrogen and oxygen atoms in total. The number of unbranched alkanes of at least 4 members (excludes halogenated alkanes) is 4. The van der Waals surface area contributed by atoms with Gasteiger partial charge in [0.1, 0.15) is 22.8 Å². The second-order valence-corrected chi connectivity index (χ2v) is 19.1. The summed E-state index contributed by atoms with van der Waals surface area (Å²) in [6, 6.07) is 1.62. The highest BCUT2D eigenvalue weighted by molar-refractivity contribution is 7.73. The first kappa shape index (κ1) is 38.4. The van der Waals surface area contributed by atoms with E-state index in [2.05, 4.69) is 25.3 Å². The van der Waals surface area contributed by atoms with Gasteiger partial charge in [-0.15, -0.1) is 0 Å². The summed E-state index contributed by atoms with van der Waals surface area (Å²) in [4.78, 5) is 53.6. The predicted octanol–water partition coefficient (Wildman–Crippen LogP) is -0.314. The van der Waals surface area contributed by atoms with E-state index in [4.69, 9.17) is 5.73 Å². The second kappa shape index (κ2) is 14.2. The summed E-state index contributed by atoms with van der Waals surface area (Å²) in [5, 5.41) is 59.9. The monoisotopic (exact) mass is 695 g/mol. The van der Waals surface area contributed by atoms with Gasteiger partial charge in [0.15, 0.2) is 11.4 Å². The number of nitrogens with one attached hydrogen (secondary N) is 1. The van der Waals surface area contributed by atoms with E-state index in [-0.39, 0.29) is 36.0 Å². The number of halogens is 1. The molecule has 1 aromatic carbocycles. The number of likely N-dealkylation sites (N-methyl/N-ethyl adjacent to an activating group) is 1. The third-order valence-electron chi connectivity index (χ3n) is 9.64. The van der Waals surface area contributed by atoms with Crippen LogP contribution in [0.4, 0.5) is 5.69 Å². The molecule has 0 saturated heterocycles. The zero-order chi connectivity index (χ0) is 34.5. The summed E-state index contributed by atoms with van der Waals surface area (Å²) < 4.78 is 0. The highest BCUT2D eigenvalue weighted by Crippen LogP contribution is 2.56. The Morgan fingerprint density at radius 1 is 1.02 bits per heavy atom. The van der Waals surface area contributed by atoms with Crippen LogP contribution in [0.5, 0.6) is 5.75 Å². The number of aliphatic hydroxyl groups excluding tert-OH is 3. The number of carbonyl (C=O) groups is 4. The maximum absolute atomic E-state index is 14.1. The molecule has 0 bridgehead atoms. The van der Waals surface area contributed by atoms with Crippen molar-refractivity contribution >= 4 is 42.1 Å². The Morgan fingerprint density at radius 3 is 2.19 bits per heavy atom. The lowest BCUT2D eigenvalue weighted by molar-refractivity contribution is -0.169. The number of primary amides is 1. The fourth-order valence-electron chi connectivity index (χ4n) is 7.33. The van der Waals surface area contributed by atoms with E-state index in [1.165, 1.54) is 37.6 Å². The van der Waals surface area contributed by atoms with Crippen LogP contribution in [0.2, 0.25) is 0 Å². The Labute approximate surface area is 281 Å². The number of nitrogens with zero attached hydrogens (tertiary/aromatic N) is 1. The first-order valence-corrected chi connectivity index (χ1v) is 19.0. The zero-order valence-corrected chi connectivity index (χ0v) is 29.4. The fraction of sp³-hybridized carbons (Fsp3) is 0.576. The number of ketones is 2. The highest BCUT2D eigenvalue weighted by atomic mass is 35.5. The van der Waals surface area contributed by atoms with Crippen LogP contribution in [-0.2, 0) is 19.2 Å². The number of benzene rings is 1. The van der Waals surface area contributed by atoms with Crippen LogP contribution in [-0.4, -0.2) is 112 Å². The molecule has 6 atom stereocenters. The number of fused-ring (bicyclic) bond motifs is 3. The normalized spacial score (nSPS) is 27.2. The number of anilines is 1. The van der Waals surface area contributed by atoms with Crippen molar-refractivity contribution in [2.45, 2.75) is 69.1 Å². The number of nitrogens with two attached hydrogens (primary N) is 1. The molecule has 1 saturated carbocycles. The molecule has 3 aliphatic carbocycles. The second-order valence-electron chi connectivity index (χ2n) is 14.1. The van der Waals surface area contributed by atoms with Crippen LogP contribution in [0.15, 0.2) is 29.0 Å². The van der Waals surface area contributed by atoms with Gasteiger partial charge < -0.3 is 49.0 Å². The number of hydrogen-bond acceptors (Lipinski definition) is 10. The number of phenolic OH excluding ortho intramolecular Hbond substituents is 1. The van der Waals surface area contributed by atoms with Crippen molar-refractivity contribution < 1.29 is 57.1 Å². The Kier molecular flexibility index (Phi) is 11.6. The quantitative estimate of drug-likeness (QED) is 0.0695. The molecule has 8 N–H and O–H groups in total. The van der Waals surface area contributed by atoms with Gasteiger partial charge in [0.05, 0.1) is 35.5 Å². The Balaban J connectivity index is 0.00000600. The molecule has 47 heavy (non-hydrogen) atoms. The van der Waals surface area contributed by atoms with Crippen molar-refractivity contribution in [2.24, 2.45) is 17.6 Å². The van der Waals surface area contributed by atoms with Crippen molar-refractivity contribution in [1.82, 2.24) is 4.90 Å². The SMILES string of the molecule is C[C@H]1c2ccc(NC(=O)CCCCCCC[P+](C)(C)C)c(O)c2C(O)=C2C(=O)[C@]3(O)C(O)=C(C(N)=O)C(=O)[C@@H](N(C)C)[C@@H]3[C@@H](O)[C@@H]21.[Cl-]. The molecule has 0 aromatic heterocycles. The summed E-state index contributed by atoms with van der Waals surface area (Å²) in [6.45, 7) is 8.61. The Hall–Kier alpha value is -3.02. The summed E-state index contributed by atoms with van der Waals surface area (Å²) in [6.07, 6.45) is 4.69. The third kappa shape index (κ3) is 6.81. The number of hydrogen-bond donors (Lipinski definition) is 7. The molecular weight excluding hydrogens is 649 g/mol.